The summed E-state index contributed by atoms with van der Waals surface area (Å²) in [6, 6.07) is 14.7. The normalized spacial score (nSPS) is 14.9. The number of phenolic OH excluding ortho intramolecular Hbond substituents is 2. The number of carbonyl (C=O) groups excluding carboxylic acids is 1. The van der Waals surface area contributed by atoms with Crippen molar-refractivity contribution in [2.45, 2.75) is 19.3 Å². The molecular weight excluding hydrogens is 448 g/mol. The molecule has 1 atom stereocenters. The maximum atomic E-state index is 13.4. The Balaban J connectivity index is 1.73. The van der Waals surface area contributed by atoms with Gasteiger partial charge in [-0.1, -0.05) is 36.9 Å². The Bertz CT molecular complexity index is 1530. The van der Waals surface area contributed by atoms with Crippen LogP contribution in [0.4, 0.5) is 0 Å². The van der Waals surface area contributed by atoms with Crippen molar-refractivity contribution in [2.24, 2.45) is 0 Å². The zero-order valence-electron chi connectivity index (χ0n) is 18.9. The third kappa shape index (κ3) is 4.01. The third-order valence-corrected chi connectivity index (χ3v) is 5.92. The lowest BCUT2D eigenvalue weighted by Gasteiger charge is -2.27. The molecule has 1 aliphatic rings. The molecule has 176 valence electrons. The standard InChI is InChI=1S/C28H22O7/c1-15(2)13-33-22-6-4-3-5-18(22)19-11-24(31)35-23-12-21(30)26-27(32)20(14-34-28(26)25(19)23)16-7-9-17(29)10-8-16/h3-10,12,14,19,29-30H,1,11,13H2,2H3/t19-/m1/s1. The monoisotopic (exact) mass is 470 g/mol. The Morgan fingerprint density at radius 1 is 1.11 bits per heavy atom. The quantitative estimate of drug-likeness (QED) is 0.233. The van der Waals surface area contributed by atoms with Crippen LogP contribution in [-0.4, -0.2) is 22.8 Å². The average molecular weight is 470 g/mol. The number of hydrogen-bond acceptors (Lipinski definition) is 7. The molecule has 0 bridgehead atoms. The van der Waals surface area contributed by atoms with Gasteiger partial charge in [0.25, 0.3) is 0 Å². The highest BCUT2D eigenvalue weighted by molar-refractivity contribution is 5.94. The van der Waals surface area contributed by atoms with Crippen molar-refractivity contribution in [1.29, 1.82) is 0 Å². The molecular formula is C28H22O7. The van der Waals surface area contributed by atoms with Crippen LogP contribution in [0, 0.1) is 0 Å². The van der Waals surface area contributed by atoms with Crippen LogP contribution in [0.1, 0.15) is 30.4 Å². The summed E-state index contributed by atoms with van der Waals surface area (Å²) in [4.78, 5) is 25.9. The Kier molecular flexibility index (Phi) is 5.53. The second-order valence-electron chi connectivity index (χ2n) is 8.55. The molecule has 35 heavy (non-hydrogen) atoms. The molecule has 1 aliphatic heterocycles. The zero-order valence-corrected chi connectivity index (χ0v) is 18.9. The molecule has 0 unspecified atom stereocenters. The van der Waals surface area contributed by atoms with Crippen molar-refractivity contribution in [3.8, 4) is 34.1 Å². The van der Waals surface area contributed by atoms with Gasteiger partial charge in [-0.05, 0) is 36.3 Å². The number of para-hydroxylation sites is 1. The Morgan fingerprint density at radius 3 is 2.60 bits per heavy atom. The molecule has 0 saturated carbocycles. The van der Waals surface area contributed by atoms with Crippen molar-refractivity contribution < 1.29 is 28.9 Å². The van der Waals surface area contributed by atoms with Gasteiger partial charge in [-0.3, -0.25) is 9.59 Å². The molecule has 7 nitrogen and oxygen atoms in total. The Hall–Kier alpha value is -4.52. The summed E-state index contributed by atoms with van der Waals surface area (Å²) in [7, 11) is 0. The highest BCUT2D eigenvalue weighted by Crippen LogP contribution is 2.47. The number of esters is 1. The van der Waals surface area contributed by atoms with Gasteiger partial charge in [-0.25, -0.2) is 0 Å². The number of hydrogen-bond donors (Lipinski definition) is 2. The largest absolute Gasteiger partial charge is 0.508 e. The van der Waals surface area contributed by atoms with Gasteiger partial charge >= 0.3 is 5.97 Å². The minimum absolute atomic E-state index is 0.00371. The number of fused-ring (bicyclic) bond motifs is 3. The zero-order chi connectivity index (χ0) is 24.7. The fourth-order valence-corrected chi connectivity index (χ4v) is 4.34. The van der Waals surface area contributed by atoms with E-state index in [9.17, 15) is 19.8 Å². The van der Waals surface area contributed by atoms with Crippen LogP contribution in [0.5, 0.6) is 23.0 Å². The first-order valence-corrected chi connectivity index (χ1v) is 11.0. The van der Waals surface area contributed by atoms with E-state index in [4.69, 9.17) is 13.9 Å². The van der Waals surface area contributed by atoms with E-state index in [-0.39, 0.29) is 40.2 Å². The maximum absolute atomic E-state index is 13.4. The molecule has 0 aliphatic carbocycles. The number of benzene rings is 3. The van der Waals surface area contributed by atoms with E-state index in [2.05, 4.69) is 6.58 Å². The predicted molar refractivity (Wildman–Crippen MR) is 130 cm³/mol. The van der Waals surface area contributed by atoms with E-state index in [0.29, 0.717) is 23.5 Å². The van der Waals surface area contributed by atoms with Crippen LogP contribution in [0.25, 0.3) is 22.1 Å². The number of carbonyl (C=O) groups is 1. The van der Waals surface area contributed by atoms with Crippen LogP contribution in [0.15, 0.2) is 82.2 Å². The van der Waals surface area contributed by atoms with Crippen LogP contribution in [0.2, 0.25) is 0 Å². The fraction of sp³-hybridized carbons (Fsp3) is 0.143. The lowest BCUT2D eigenvalue weighted by atomic mass is 9.84. The number of ether oxygens (including phenoxy) is 2. The summed E-state index contributed by atoms with van der Waals surface area (Å²) in [6.45, 7) is 6.03. The summed E-state index contributed by atoms with van der Waals surface area (Å²) < 4.78 is 17.3. The van der Waals surface area contributed by atoms with E-state index in [1.807, 2.05) is 25.1 Å². The van der Waals surface area contributed by atoms with Gasteiger partial charge in [-0.2, -0.15) is 0 Å². The molecule has 2 heterocycles. The number of rotatable bonds is 5. The summed E-state index contributed by atoms with van der Waals surface area (Å²) in [5.41, 5.74) is 2.49. The lowest BCUT2D eigenvalue weighted by Crippen LogP contribution is -2.22. The predicted octanol–water partition coefficient (Wildman–Crippen LogP) is 5.27. The Morgan fingerprint density at radius 2 is 1.86 bits per heavy atom. The molecule has 0 amide bonds. The van der Waals surface area contributed by atoms with Crippen molar-refractivity contribution in [3.63, 3.8) is 0 Å². The van der Waals surface area contributed by atoms with Crippen molar-refractivity contribution >= 4 is 16.9 Å². The summed E-state index contributed by atoms with van der Waals surface area (Å²) >= 11 is 0. The van der Waals surface area contributed by atoms with E-state index in [1.165, 1.54) is 24.5 Å². The molecule has 4 aromatic rings. The van der Waals surface area contributed by atoms with Crippen LogP contribution in [-0.2, 0) is 4.79 Å². The first kappa shape index (κ1) is 22.3. The summed E-state index contributed by atoms with van der Waals surface area (Å²) in [5.74, 6) is -0.587. The average Bonchev–Trinajstić information content (AvgIpc) is 2.83. The third-order valence-electron chi connectivity index (χ3n) is 5.92. The van der Waals surface area contributed by atoms with Crippen molar-refractivity contribution in [3.05, 3.63) is 94.4 Å². The van der Waals surface area contributed by atoms with Gasteiger partial charge in [0.1, 0.15) is 46.8 Å². The molecule has 0 radical (unpaired) electrons. The molecule has 2 N–H and O–H groups in total. The first-order valence-electron chi connectivity index (χ1n) is 11.0. The minimum Gasteiger partial charge on any atom is -0.508 e. The summed E-state index contributed by atoms with van der Waals surface area (Å²) in [6.07, 6.45) is 1.32. The van der Waals surface area contributed by atoms with E-state index in [1.54, 1.807) is 18.2 Å². The topological polar surface area (TPSA) is 106 Å². The molecule has 5 rings (SSSR count). The fourth-order valence-electron chi connectivity index (χ4n) is 4.34. The lowest BCUT2D eigenvalue weighted by molar-refractivity contribution is -0.135. The van der Waals surface area contributed by atoms with Crippen LogP contribution in [0.3, 0.4) is 0 Å². The minimum atomic E-state index is -0.529. The second kappa shape index (κ2) is 8.68. The van der Waals surface area contributed by atoms with Gasteiger partial charge < -0.3 is 24.1 Å². The van der Waals surface area contributed by atoms with Gasteiger partial charge in [-0.15, -0.1) is 0 Å². The van der Waals surface area contributed by atoms with E-state index < -0.39 is 17.3 Å². The highest BCUT2D eigenvalue weighted by atomic mass is 16.5. The van der Waals surface area contributed by atoms with Gasteiger partial charge in [0.15, 0.2) is 0 Å². The molecule has 0 spiro atoms. The van der Waals surface area contributed by atoms with Gasteiger partial charge in [0.05, 0.1) is 12.0 Å². The molecule has 0 saturated heterocycles. The van der Waals surface area contributed by atoms with E-state index in [0.717, 1.165) is 11.1 Å². The Labute approximate surface area is 200 Å². The van der Waals surface area contributed by atoms with Crippen LogP contribution >= 0.6 is 0 Å². The SMILES string of the molecule is C=C(C)COc1ccccc1[C@H]1CC(=O)Oc2cc(O)c3c(=O)c(-c4ccc(O)cc4)coc3c21. The molecule has 3 aromatic carbocycles. The summed E-state index contributed by atoms with van der Waals surface area (Å²) in [5, 5.41) is 20.3. The van der Waals surface area contributed by atoms with Crippen molar-refractivity contribution in [2.75, 3.05) is 6.61 Å². The first-order chi connectivity index (χ1) is 16.8. The number of aromatic hydroxyl groups is 2. The van der Waals surface area contributed by atoms with Crippen LogP contribution < -0.4 is 14.9 Å². The maximum Gasteiger partial charge on any atom is 0.312 e. The van der Waals surface area contributed by atoms with Gasteiger partial charge in [0.2, 0.25) is 5.43 Å². The molecule has 1 aromatic heterocycles. The van der Waals surface area contributed by atoms with Crippen molar-refractivity contribution in [1.82, 2.24) is 0 Å². The second-order valence-corrected chi connectivity index (χ2v) is 8.55. The molecule has 7 heteroatoms. The smallest absolute Gasteiger partial charge is 0.312 e. The number of phenols is 2. The van der Waals surface area contributed by atoms with E-state index >= 15 is 0 Å². The highest BCUT2D eigenvalue weighted by Gasteiger charge is 2.35. The molecule has 0 fully saturated rings. The van der Waals surface area contributed by atoms with Gasteiger partial charge in [0, 0.05) is 23.1 Å².